The van der Waals surface area contributed by atoms with Crippen LogP contribution in [0.1, 0.15) is 16.1 Å². The Hall–Kier alpha value is -1.94. The molecule has 1 aromatic heterocycles. The molecular formula is C14H14N2OS. The number of hydrogen-bond acceptors (Lipinski definition) is 3. The van der Waals surface area contributed by atoms with Crippen LogP contribution in [0.25, 0.3) is 6.08 Å². The molecule has 2 aromatic rings. The summed E-state index contributed by atoms with van der Waals surface area (Å²) in [7, 11) is 0. The molecule has 1 heterocycles. The topological polar surface area (TPSA) is 42.0 Å². The summed E-state index contributed by atoms with van der Waals surface area (Å²) in [6.07, 6.45) is 3.30. The molecule has 0 spiro atoms. The second-order valence-corrected chi connectivity index (χ2v) is 5.10. The van der Waals surface area contributed by atoms with E-state index in [-0.39, 0.29) is 5.91 Å². The maximum absolute atomic E-state index is 11.7. The van der Waals surface area contributed by atoms with Gasteiger partial charge in [-0.2, -0.15) is 0 Å². The molecule has 0 saturated carbocycles. The molecule has 0 radical (unpaired) electrons. The lowest BCUT2D eigenvalue weighted by Crippen LogP contribution is -2.07. The van der Waals surface area contributed by atoms with Crippen LogP contribution in [0.4, 0.5) is 5.13 Å². The minimum absolute atomic E-state index is 0.160. The first-order valence-corrected chi connectivity index (χ1v) is 6.45. The predicted molar refractivity (Wildman–Crippen MR) is 75.7 cm³/mol. The fourth-order valence-corrected chi connectivity index (χ4v) is 2.23. The molecule has 0 fully saturated rings. The molecule has 0 bridgehead atoms. The van der Waals surface area contributed by atoms with Gasteiger partial charge in [-0.1, -0.05) is 30.3 Å². The molecule has 1 amide bonds. The second kappa shape index (κ2) is 5.60. The lowest BCUT2D eigenvalue weighted by molar-refractivity contribution is -0.111. The van der Waals surface area contributed by atoms with Crippen molar-refractivity contribution in [2.45, 2.75) is 13.8 Å². The molecular weight excluding hydrogens is 244 g/mol. The summed E-state index contributed by atoms with van der Waals surface area (Å²) >= 11 is 1.49. The van der Waals surface area contributed by atoms with Gasteiger partial charge in [0.25, 0.3) is 0 Å². The third-order valence-corrected chi connectivity index (χ3v) is 3.47. The van der Waals surface area contributed by atoms with E-state index in [9.17, 15) is 4.79 Å². The summed E-state index contributed by atoms with van der Waals surface area (Å²) in [6.45, 7) is 3.92. The van der Waals surface area contributed by atoms with E-state index in [1.807, 2.05) is 44.2 Å². The van der Waals surface area contributed by atoms with Crippen LogP contribution in [-0.4, -0.2) is 10.9 Å². The average Bonchev–Trinajstić information content (AvgIpc) is 2.67. The van der Waals surface area contributed by atoms with E-state index in [0.717, 1.165) is 16.1 Å². The molecule has 1 aromatic carbocycles. The molecule has 0 aliphatic carbocycles. The molecule has 1 N–H and O–H groups in total. The fourth-order valence-electron chi connectivity index (χ4n) is 1.41. The molecule has 18 heavy (non-hydrogen) atoms. The van der Waals surface area contributed by atoms with E-state index < -0.39 is 0 Å². The van der Waals surface area contributed by atoms with Crippen molar-refractivity contribution in [3.05, 3.63) is 52.5 Å². The summed E-state index contributed by atoms with van der Waals surface area (Å²) in [6, 6.07) is 9.71. The zero-order chi connectivity index (χ0) is 13.0. The van der Waals surface area contributed by atoms with Crippen molar-refractivity contribution in [3.63, 3.8) is 0 Å². The van der Waals surface area contributed by atoms with E-state index in [1.54, 1.807) is 6.08 Å². The minimum atomic E-state index is -0.160. The van der Waals surface area contributed by atoms with E-state index in [2.05, 4.69) is 10.3 Å². The van der Waals surface area contributed by atoms with Crippen molar-refractivity contribution in [3.8, 4) is 0 Å². The molecule has 0 unspecified atom stereocenters. The van der Waals surface area contributed by atoms with Crippen molar-refractivity contribution in [2.75, 3.05) is 5.32 Å². The number of hydrogen-bond donors (Lipinski definition) is 1. The number of carbonyl (C=O) groups excluding carboxylic acids is 1. The van der Waals surface area contributed by atoms with Crippen LogP contribution in [0.3, 0.4) is 0 Å². The SMILES string of the molecule is Cc1nc(NC(=O)/C=C/c2ccccc2)sc1C. The third-order valence-electron chi connectivity index (χ3n) is 2.49. The van der Waals surface area contributed by atoms with Crippen molar-refractivity contribution >= 4 is 28.5 Å². The van der Waals surface area contributed by atoms with Gasteiger partial charge in [0.1, 0.15) is 0 Å². The molecule has 3 nitrogen and oxygen atoms in total. The van der Waals surface area contributed by atoms with Gasteiger partial charge in [0.15, 0.2) is 5.13 Å². The zero-order valence-electron chi connectivity index (χ0n) is 10.3. The standard InChI is InChI=1S/C14H14N2OS/c1-10-11(2)18-14(15-10)16-13(17)9-8-12-6-4-3-5-7-12/h3-9H,1-2H3,(H,15,16,17)/b9-8+. The number of nitrogens with one attached hydrogen (secondary N) is 1. The number of thiazole rings is 1. The molecule has 92 valence electrons. The number of carbonyl (C=O) groups is 1. The highest BCUT2D eigenvalue weighted by atomic mass is 32.1. The molecule has 0 saturated heterocycles. The van der Waals surface area contributed by atoms with E-state index >= 15 is 0 Å². The Morgan fingerprint density at radius 1 is 1.28 bits per heavy atom. The summed E-state index contributed by atoms with van der Waals surface area (Å²) in [4.78, 5) is 17.1. The molecule has 0 aliphatic rings. The largest absolute Gasteiger partial charge is 0.298 e. The zero-order valence-corrected chi connectivity index (χ0v) is 11.1. The summed E-state index contributed by atoms with van der Waals surface area (Å²) in [5, 5.41) is 3.40. The quantitative estimate of drug-likeness (QED) is 0.857. The van der Waals surface area contributed by atoms with Gasteiger partial charge in [0.05, 0.1) is 5.69 Å². The Bertz CT molecular complexity index is 553. The van der Waals surface area contributed by atoms with Crippen LogP contribution >= 0.6 is 11.3 Å². The number of aromatic nitrogens is 1. The first-order chi connectivity index (χ1) is 8.65. The molecule has 0 atom stereocenters. The van der Waals surface area contributed by atoms with Gasteiger partial charge in [0.2, 0.25) is 5.91 Å². The van der Waals surface area contributed by atoms with E-state index in [1.165, 1.54) is 17.4 Å². The van der Waals surface area contributed by atoms with Crippen molar-refractivity contribution in [1.29, 1.82) is 0 Å². The molecule has 4 heteroatoms. The van der Waals surface area contributed by atoms with Crippen LogP contribution < -0.4 is 5.32 Å². The van der Waals surface area contributed by atoms with Crippen LogP contribution in [0, 0.1) is 13.8 Å². The van der Waals surface area contributed by atoms with Crippen molar-refractivity contribution in [2.24, 2.45) is 0 Å². The molecule has 2 rings (SSSR count). The third kappa shape index (κ3) is 3.28. The van der Waals surface area contributed by atoms with Crippen molar-refractivity contribution in [1.82, 2.24) is 4.98 Å². The minimum Gasteiger partial charge on any atom is -0.298 e. The number of amides is 1. The smallest absolute Gasteiger partial charge is 0.250 e. The second-order valence-electron chi connectivity index (χ2n) is 3.89. The van der Waals surface area contributed by atoms with Gasteiger partial charge < -0.3 is 0 Å². The number of benzene rings is 1. The Morgan fingerprint density at radius 3 is 2.61 bits per heavy atom. The lowest BCUT2D eigenvalue weighted by atomic mass is 10.2. The average molecular weight is 258 g/mol. The van der Waals surface area contributed by atoms with Gasteiger partial charge in [-0.25, -0.2) is 4.98 Å². The maximum atomic E-state index is 11.7. The normalized spacial score (nSPS) is 10.8. The first-order valence-electron chi connectivity index (χ1n) is 5.63. The van der Waals surface area contributed by atoms with Crippen molar-refractivity contribution < 1.29 is 4.79 Å². The summed E-state index contributed by atoms with van der Waals surface area (Å²) in [5.74, 6) is -0.160. The number of anilines is 1. The summed E-state index contributed by atoms with van der Waals surface area (Å²) in [5.41, 5.74) is 1.96. The highest BCUT2D eigenvalue weighted by Gasteiger charge is 2.05. The Kier molecular flexibility index (Phi) is 3.89. The highest BCUT2D eigenvalue weighted by molar-refractivity contribution is 7.15. The van der Waals surface area contributed by atoms with E-state index in [4.69, 9.17) is 0 Å². The van der Waals surface area contributed by atoms with Crippen LogP contribution in [0.2, 0.25) is 0 Å². The fraction of sp³-hybridized carbons (Fsp3) is 0.143. The number of aryl methyl sites for hydroxylation is 2. The molecule has 0 aliphatic heterocycles. The number of nitrogens with zero attached hydrogens (tertiary/aromatic N) is 1. The van der Waals surface area contributed by atoms with Crippen LogP contribution in [0.15, 0.2) is 36.4 Å². The maximum Gasteiger partial charge on any atom is 0.250 e. The van der Waals surface area contributed by atoms with Gasteiger partial charge in [0, 0.05) is 11.0 Å². The number of rotatable bonds is 3. The highest BCUT2D eigenvalue weighted by Crippen LogP contribution is 2.20. The van der Waals surface area contributed by atoms with Crippen LogP contribution in [0.5, 0.6) is 0 Å². The van der Waals surface area contributed by atoms with E-state index in [0.29, 0.717) is 5.13 Å². The van der Waals surface area contributed by atoms with Gasteiger partial charge in [-0.05, 0) is 25.5 Å². The van der Waals surface area contributed by atoms with Gasteiger partial charge >= 0.3 is 0 Å². The monoisotopic (exact) mass is 258 g/mol. The lowest BCUT2D eigenvalue weighted by Gasteiger charge is -1.95. The van der Waals surface area contributed by atoms with Crippen LogP contribution in [-0.2, 0) is 4.79 Å². The Morgan fingerprint density at radius 2 is 2.00 bits per heavy atom. The Balaban J connectivity index is 1.99. The van der Waals surface area contributed by atoms with Gasteiger partial charge in [-0.15, -0.1) is 11.3 Å². The Labute approximate surface area is 110 Å². The summed E-state index contributed by atoms with van der Waals surface area (Å²) < 4.78 is 0. The first kappa shape index (κ1) is 12.5. The van der Waals surface area contributed by atoms with Gasteiger partial charge in [-0.3, -0.25) is 10.1 Å². The predicted octanol–water partition coefficient (Wildman–Crippen LogP) is 3.41.